The number of anilines is 1. The van der Waals surface area contributed by atoms with Gasteiger partial charge in [0, 0.05) is 24.0 Å². The van der Waals surface area contributed by atoms with Crippen LogP contribution >= 0.6 is 11.6 Å². The van der Waals surface area contributed by atoms with E-state index in [0.29, 0.717) is 48.9 Å². The Hall–Kier alpha value is -2.73. The van der Waals surface area contributed by atoms with Gasteiger partial charge in [-0.05, 0) is 50.5 Å². The summed E-state index contributed by atoms with van der Waals surface area (Å²) in [5.41, 5.74) is 1.79. The first-order chi connectivity index (χ1) is 14.9. The number of hydrogen-bond acceptors (Lipinski definition) is 3. The third-order valence-electron chi connectivity index (χ3n) is 6.01. The van der Waals surface area contributed by atoms with Crippen LogP contribution in [-0.4, -0.2) is 42.6 Å². The van der Waals surface area contributed by atoms with Gasteiger partial charge in [-0.25, -0.2) is 4.79 Å². The molecule has 0 spiro atoms. The van der Waals surface area contributed by atoms with E-state index in [-0.39, 0.29) is 30.0 Å². The van der Waals surface area contributed by atoms with Crippen molar-refractivity contribution in [3.05, 3.63) is 59.1 Å². The number of halogens is 1. The predicted octanol–water partition coefficient (Wildman–Crippen LogP) is 4.64. The quantitative estimate of drug-likeness (QED) is 0.754. The first-order valence-corrected chi connectivity index (χ1v) is 11.2. The zero-order valence-electron chi connectivity index (χ0n) is 17.9. The topological polar surface area (TPSA) is 61.9 Å². The number of urea groups is 1. The summed E-state index contributed by atoms with van der Waals surface area (Å²) in [5.74, 6) is 0.641. The zero-order chi connectivity index (χ0) is 22.0. The number of piperidine rings is 1. The van der Waals surface area contributed by atoms with Crippen LogP contribution in [0.3, 0.4) is 0 Å². The van der Waals surface area contributed by atoms with Crippen LogP contribution in [0.25, 0.3) is 0 Å². The summed E-state index contributed by atoms with van der Waals surface area (Å²) in [4.78, 5) is 29.6. The maximum atomic E-state index is 13.3. The number of ether oxygens (including phenoxy) is 1. The third-order valence-corrected chi connectivity index (χ3v) is 6.24. The average Bonchev–Trinajstić information content (AvgIpc) is 2.79. The Morgan fingerprint density at radius 3 is 2.55 bits per heavy atom. The molecule has 2 aromatic carbocycles. The fraction of sp³-hybridized carbons (Fsp3) is 0.417. The summed E-state index contributed by atoms with van der Waals surface area (Å²) in [6.07, 6.45) is 1.21. The highest BCUT2D eigenvalue weighted by atomic mass is 35.5. The van der Waals surface area contributed by atoms with Crippen molar-refractivity contribution >= 4 is 29.2 Å². The van der Waals surface area contributed by atoms with Gasteiger partial charge in [-0.3, -0.25) is 9.69 Å². The van der Waals surface area contributed by atoms with Gasteiger partial charge in [0.2, 0.25) is 5.91 Å². The molecule has 6 nitrogen and oxygen atoms in total. The molecule has 2 aliphatic heterocycles. The van der Waals surface area contributed by atoms with Crippen molar-refractivity contribution in [2.24, 2.45) is 5.92 Å². The van der Waals surface area contributed by atoms with Crippen molar-refractivity contribution in [3.8, 4) is 5.75 Å². The monoisotopic (exact) mass is 441 g/mol. The molecule has 3 amide bonds. The van der Waals surface area contributed by atoms with Gasteiger partial charge < -0.3 is 15.0 Å². The van der Waals surface area contributed by atoms with Crippen molar-refractivity contribution < 1.29 is 14.3 Å². The standard InChI is InChI=1S/C24H28ClN3O3/c1-16-15-28(21-14-20(25)8-9-22(21)31-16)24(30)27-12-10-19(11-13-27)23(29)26-17(2)18-6-4-3-5-7-18/h3-9,14,16-17,19H,10-13,15H2,1-2H3,(H,26,29)/t16-,17+/m0/s1. The van der Waals surface area contributed by atoms with E-state index in [4.69, 9.17) is 16.3 Å². The van der Waals surface area contributed by atoms with Crippen molar-refractivity contribution in [1.82, 2.24) is 10.2 Å². The van der Waals surface area contributed by atoms with Crippen LogP contribution in [0.15, 0.2) is 48.5 Å². The molecular weight excluding hydrogens is 414 g/mol. The Morgan fingerprint density at radius 1 is 1.13 bits per heavy atom. The second kappa shape index (κ2) is 9.18. The Balaban J connectivity index is 1.36. The number of nitrogens with one attached hydrogen (secondary N) is 1. The Bertz CT molecular complexity index is 944. The average molecular weight is 442 g/mol. The molecule has 2 heterocycles. The van der Waals surface area contributed by atoms with Crippen molar-refractivity contribution in [1.29, 1.82) is 0 Å². The summed E-state index contributed by atoms with van der Waals surface area (Å²) in [6.45, 7) is 5.52. The van der Waals surface area contributed by atoms with E-state index >= 15 is 0 Å². The van der Waals surface area contributed by atoms with Crippen molar-refractivity contribution in [2.45, 2.75) is 38.8 Å². The number of amides is 3. The van der Waals surface area contributed by atoms with E-state index in [1.165, 1.54) is 0 Å². The molecule has 2 aliphatic rings. The molecule has 1 fully saturated rings. The molecule has 0 aromatic heterocycles. The smallest absolute Gasteiger partial charge is 0.324 e. The number of carbonyl (C=O) groups excluding carboxylic acids is 2. The van der Waals surface area contributed by atoms with Gasteiger partial charge in [-0.15, -0.1) is 0 Å². The fourth-order valence-corrected chi connectivity index (χ4v) is 4.42. The first kappa shape index (κ1) is 21.5. The van der Waals surface area contributed by atoms with Crippen molar-refractivity contribution in [2.75, 3.05) is 24.5 Å². The molecule has 2 aromatic rings. The number of rotatable bonds is 3. The van der Waals surface area contributed by atoms with E-state index in [2.05, 4.69) is 5.32 Å². The summed E-state index contributed by atoms with van der Waals surface area (Å²) in [7, 11) is 0. The molecular formula is C24H28ClN3O3. The minimum absolute atomic E-state index is 0.0375. The normalized spacial score (nSPS) is 19.9. The second-order valence-corrected chi connectivity index (χ2v) is 8.77. The Kier molecular flexibility index (Phi) is 6.37. The maximum Gasteiger partial charge on any atom is 0.324 e. The highest BCUT2D eigenvalue weighted by Crippen LogP contribution is 2.36. The minimum Gasteiger partial charge on any atom is -0.487 e. The minimum atomic E-state index is -0.0968. The van der Waals surface area contributed by atoms with Gasteiger partial charge in [0.05, 0.1) is 18.3 Å². The lowest BCUT2D eigenvalue weighted by Crippen LogP contribution is -2.52. The van der Waals surface area contributed by atoms with Crippen molar-refractivity contribution in [3.63, 3.8) is 0 Å². The van der Waals surface area contributed by atoms with Gasteiger partial charge in [-0.1, -0.05) is 41.9 Å². The van der Waals surface area contributed by atoms with E-state index in [9.17, 15) is 9.59 Å². The Labute approximate surface area is 188 Å². The molecule has 0 bridgehead atoms. The lowest BCUT2D eigenvalue weighted by Gasteiger charge is -2.39. The van der Waals surface area contributed by atoms with E-state index < -0.39 is 0 Å². The first-order valence-electron chi connectivity index (χ1n) is 10.8. The number of carbonyl (C=O) groups is 2. The number of nitrogens with zero attached hydrogens (tertiary/aromatic N) is 2. The molecule has 0 aliphatic carbocycles. The van der Waals surface area contributed by atoms with Crippen LogP contribution in [-0.2, 0) is 4.79 Å². The maximum absolute atomic E-state index is 13.3. The molecule has 0 radical (unpaired) electrons. The Morgan fingerprint density at radius 2 is 1.84 bits per heavy atom. The summed E-state index contributed by atoms with van der Waals surface area (Å²) in [6, 6.07) is 15.2. The lowest BCUT2D eigenvalue weighted by molar-refractivity contribution is -0.126. The van der Waals surface area contributed by atoms with Crippen LogP contribution in [0.1, 0.15) is 38.3 Å². The number of likely N-dealkylation sites (tertiary alicyclic amines) is 1. The third kappa shape index (κ3) is 4.79. The van der Waals surface area contributed by atoms with E-state index in [1.807, 2.05) is 49.1 Å². The zero-order valence-corrected chi connectivity index (χ0v) is 18.6. The fourth-order valence-electron chi connectivity index (χ4n) is 4.25. The second-order valence-electron chi connectivity index (χ2n) is 8.34. The molecule has 2 atom stereocenters. The molecule has 1 N–H and O–H groups in total. The SMILES string of the molecule is C[C@H]1CN(C(=O)N2CCC(C(=O)N[C@H](C)c3ccccc3)CC2)c2cc(Cl)ccc2O1. The van der Waals surface area contributed by atoms with Crippen LogP contribution in [0.2, 0.25) is 5.02 Å². The lowest BCUT2D eigenvalue weighted by atomic mass is 9.95. The predicted molar refractivity (Wildman–Crippen MR) is 122 cm³/mol. The molecule has 164 valence electrons. The van der Waals surface area contributed by atoms with E-state index in [1.54, 1.807) is 23.1 Å². The molecule has 0 unspecified atom stereocenters. The van der Waals surface area contributed by atoms with Crippen LogP contribution in [0, 0.1) is 5.92 Å². The van der Waals surface area contributed by atoms with Gasteiger partial charge in [0.25, 0.3) is 0 Å². The summed E-state index contributed by atoms with van der Waals surface area (Å²) >= 11 is 6.16. The van der Waals surface area contributed by atoms with Crippen LogP contribution in [0.4, 0.5) is 10.5 Å². The number of benzene rings is 2. The summed E-state index contributed by atoms with van der Waals surface area (Å²) in [5, 5.41) is 3.68. The number of fused-ring (bicyclic) bond motifs is 1. The van der Waals surface area contributed by atoms with Gasteiger partial charge in [0.1, 0.15) is 11.9 Å². The molecule has 0 saturated carbocycles. The van der Waals surface area contributed by atoms with E-state index in [0.717, 1.165) is 5.56 Å². The van der Waals surface area contributed by atoms with Crippen LogP contribution < -0.4 is 15.0 Å². The molecule has 4 rings (SSSR count). The van der Waals surface area contributed by atoms with Crippen LogP contribution in [0.5, 0.6) is 5.75 Å². The molecule has 1 saturated heterocycles. The highest BCUT2D eigenvalue weighted by molar-refractivity contribution is 6.31. The highest BCUT2D eigenvalue weighted by Gasteiger charge is 2.34. The molecule has 31 heavy (non-hydrogen) atoms. The summed E-state index contributed by atoms with van der Waals surface area (Å²) < 4.78 is 5.85. The molecule has 7 heteroatoms. The largest absolute Gasteiger partial charge is 0.487 e. The van der Waals surface area contributed by atoms with Gasteiger partial charge in [0.15, 0.2) is 0 Å². The number of hydrogen-bond donors (Lipinski definition) is 1. The van der Waals surface area contributed by atoms with Gasteiger partial charge >= 0.3 is 6.03 Å². The van der Waals surface area contributed by atoms with Gasteiger partial charge in [-0.2, -0.15) is 0 Å².